The zero-order valence-electron chi connectivity index (χ0n) is 7.20. The van der Waals surface area contributed by atoms with Crippen molar-refractivity contribution in [1.29, 1.82) is 0 Å². The summed E-state index contributed by atoms with van der Waals surface area (Å²) < 4.78 is 4.60. The summed E-state index contributed by atoms with van der Waals surface area (Å²) in [6, 6.07) is 0. The Morgan fingerprint density at radius 3 is 3.15 bits per heavy atom. The van der Waals surface area contributed by atoms with Crippen LogP contribution in [0.2, 0.25) is 0 Å². The van der Waals surface area contributed by atoms with Crippen molar-refractivity contribution in [3.8, 4) is 0 Å². The monoisotopic (exact) mass is 179 g/mol. The van der Waals surface area contributed by atoms with Crippen LogP contribution in [0.1, 0.15) is 21.7 Å². The molecule has 1 aromatic heterocycles. The van der Waals surface area contributed by atoms with Crippen molar-refractivity contribution >= 4 is 5.97 Å². The molecule has 0 amide bonds. The lowest BCUT2D eigenvalue weighted by Gasteiger charge is -2.02. The lowest BCUT2D eigenvalue weighted by Crippen LogP contribution is -2.09. The van der Waals surface area contributed by atoms with Crippen LogP contribution in [0.5, 0.6) is 0 Å². The summed E-state index contributed by atoms with van der Waals surface area (Å²) in [5.41, 5.74) is 2.11. The molecule has 0 aliphatic carbocycles. The van der Waals surface area contributed by atoms with Gasteiger partial charge in [0.05, 0.1) is 12.8 Å². The van der Waals surface area contributed by atoms with Crippen molar-refractivity contribution in [2.24, 2.45) is 0 Å². The Kier molecular flexibility index (Phi) is 1.94. The highest BCUT2D eigenvalue weighted by Gasteiger charge is 2.21. The standard InChI is InChI=1S/C8H9N3O2/c1-13-8(12)7-5-2-9-3-6(5)10-4-11-7/h4,9H,2-3H2,1H3. The SMILES string of the molecule is COC(=O)c1ncnc2c1CNC2. The van der Waals surface area contributed by atoms with Crippen molar-refractivity contribution in [1.82, 2.24) is 15.3 Å². The highest BCUT2D eigenvalue weighted by molar-refractivity contribution is 5.89. The van der Waals surface area contributed by atoms with Gasteiger partial charge in [-0.3, -0.25) is 0 Å². The maximum atomic E-state index is 11.2. The lowest BCUT2D eigenvalue weighted by atomic mass is 10.2. The number of aromatic nitrogens is 2. The van der Waals surface area contributed by atoms with Crippen molar-refractivity contribution < 1.29 is 9.53 Å². The molecule has 0 atom stereocenters. The molecule has 13 heavy (non-hydrogen) atoms. The van der Waals surface area contributed by atoms with Crippen LogP contribution in [0.15, 0.2) is 6.33 Å². The Balaban J connectivity index is 2.47. The van der Waals surface area contributed by atoms with E-state index in [1.807, 2.05) is 0 Å². The predicted octanol–water partition coefficient (Wildman–Crippen LogP) is -0.134. The summed E-state index contributed by atoms with van der Waals surface area (Å²) >= 11 is 0. The third-order valence-electron chi connectivity index (χ3n) is 2.01. The normalized spacial score (nSPS) is 13.9. The van der Waals surface area contributed by atoms with E-state index in [-0.39, 0.29) is 0 Å². The first-order chi connectivity index (χ1) is 6.33. The van der Waals surface area contributed by atoms with Crippen LogP contribution < -0.4 is 5.32 Å². The molecule has 1 aliphatic heterocycles. The van der Waals surface area contributed by atoms with Crippen LogP contribution in [-0.2, 0) is 17.8 Å². The number of methoxy groups -OCH3 is 1. The van der Waals surface area contributed by atoms with Crippen LogP contribution in [0, 0.1) is 0 Å². The molecule has 1 N–H and O–H groups in total. The number of hydrogen-bond acceptors (Lipinski definition) is 5. The number of fused-ring (bicyclic) bond motifs is 1. The van der Waals surface area contributed by atoms with Crippen LogP contribution in [-0.4, -0.2) is 23.0 Å². The highest BCUT2D eigenvalue weighted by atomic mass is 16.5. The Morgan fingerprint density at radius 2 is 2.38 bits per heavy atom. The minimum Gasteiger partial charge on any atom is -0.464 e. The number of rotatable bonds is 1. The van der Waals surface area contributed by atoms with E-state index in [2.05, 4.69) is 20.0 Å². The molecule has 5 nitrogen and oxygen atoms in total. The van der Waals surface area contributed by atoms with Gasteiger partial charge in [0.25, 0.3) is 0 Å². The molecular weight excluding hydrogens is 170 g/mol. The van der Waals surface area contributed by atoms with Crippen LogP contribution in [0.3, 0.4) is 0 Å². The molecule has 0 saturated heterocycles. The zero-order chi connectivity index (χ0) is 9.26. The quantitative estimate of drug-likeness (QED) is 0.608. The third-order valence-corrected chi connectivity index (χ3v) is 2.01. The minimum absolute atomic E-state index is 0.373. The van der Waals surface area contributed by atoms with Gasteiger partial charge in [-0.05, 0) is 0 Å². The summed E-state index contributed by atoms with van der Waals surface area (Å²) in [5.74, 6) is -0.401. The molecule has 0 fully saturated rings. The average molecular weight is 179 g/mol. The number of ether oxygens (including phenoxy) is 1. The number of hydrogen-bond donors (Lipinski definition) is 1. The molecule has 5 heteroatoms. The van der Waals surface area contributed by atoms with E-state index in [1.54, 1.807) is 0 Å². The van der Waals surface area contributed by atoms with E-state index in [1.165, 1.54) is 13.4 Å². The third kappa shape index (κ3) is 1.27. The van der Waals surface area contributed by atoms with Gasteiger partial charge in [-0.1, -0.05) is 0 Å². The van der Waals surface area contributed by atoms with Gasteiger partial charge < -0.3 is 10.1 Å². The van der Waals surface area contributed by atoms with Gasteiger partial charge in [0.2, 0.25) is 0 Å². The van der Waals surface area contributed by atoms with E-state index in [4.69, 9.17) is 0 Å². The maximum Gasteiger partial charge on any atom is 0.357 e. The van der Waals surface area contributed by atoms with Gasteiger partial charge in [-0.25, -0.2) is 14.8 Å². The first-order valence-corrected chi connectivity index (χ1v) is 3.94. The zero-order valence-corrected chi connectivity index (χ0v) is 7.20. The maximum absolute atomic E-state index is 11.2. The molecule has 2 heterocycles. The van der Waals surface area contributed by atoms with Crippen molar-refractivity contribution in [2.45, 2.75) is 13.1 Å². The Labute approximate surface area is 75.1 Å². The second kappa shape index (κ2) is 3.10. The van der Waals surface area contributed by atoms with Gasteiger partial charge in [-0.15, -0.1) is 0 Å². The van der Waals surface area contributed by atoms with E-state index in [0.717, 1.165) is 11.3 Å². The molecule has 0 spiro atoms. The van der Waals surface area contributed by atoms with Crippen molar-refractivity contribution in [2.75, 3.05) is 7.11 Å². The molecule has 0 unspecified atom stereocenters. The fourth-order valence-corrected chi connectivity index (χ4v) is 1.37. The molecule has 0 bridgehead atoms. The van der Waals surface area contributed by atoms with Gasteiger partial charge in [0, 0.05) is 18.7 Å². The predicted molar refractivity (Wildman–Crippen MR) is 43.9 cm³/mol. The molecule has 2 rings (SSSR count). The van der Waals surface area contributed by atoms with Crippen LogP contribution in [0.25, 0.3) is 0 Å². The van der Waals surface area contributed by atoms with Crippen molar-refractivity contribution in [3.05, 3.63) is 23.3 Å². The summed E-state index contributed by atoms with van der Waals surface area (Å²) in [5, 5.41) is 3.10. The van der Waals surface area contributed by atoms with Crippen LogP contribution >= 0.6 is 0 Å². The van der Waals surface area contributed by atoms with Gasteiger partial charge in [0.1, 0.15) is 6.33 Å². The number of nitrogens with zero attached hydrogens (tertiary/aromatic N) is 2. The second-order valence-electron chi connectivity index (χ2n) is 2.74. The van der Waals surface area contributed by atoms with E-state index >= 15 is 0 Å². The molecule has 0 radical (unpaired) electrons. The molecular formula is C8H9N3O2. The molecule has 0 aromatic carbocycles. The Bertz CT molecular complexity index is 351. The lowest BCUT2D eigenvalue weighted by molar-refractivity contribution is 0.0592. The summed E-state index contributed by atoms with van der Waals surface area (Å²) in [6.45, 7) is 1.34. The Hall–Kier alpha value is -1.49. The van der Waals surface area contributed by atoms with Gasteiger partial charge >= 0.3 is 5.97 Å². The number of nitrogens with one attached hydrogen (secondary N) is 1. The smallest absolute Gasteiger partial charge is 0.357 e. The molecule has 68 valence electrons. The van der Waals surface area contributed by atoms with E-state index < -0.39 is 5.97 Å². The fourth-order valence-electron chi connectivity index (χ4n) is 1.37. The fraction of sp³-hybridized carbons (Fsp3) is 0.375. The molecule has 0 saturated carbocycles. The number of carbonyl (C=O) groups excluding carboxylic acids is 1. The van der Waals surface area contributed by atoms with Crippen LogP contribution in [0.4, 0.5) is 0 Å². The van der Waals surface area contributed by atoms with Gasteiger partial charge in [0.15, 0.2) is 5.69 Å². The first kappa shape index (κ1) is 8.12. The summed E-state index contributed by atoms with van der Waals surface area (Å²) in [6.07, 6.45) is 1.39. The largest absolute Gasteiger partial charge is 0.464 e. The first-order valence-electron chi connectivity index (χ1n) is 3.94. The summed E-state index contributed by atoms with van der Waals surface area (Å²) in [4.78, 5) is 19.2. The van der Waals surface area contributed by atoms with Crippen molar-refractivity contribution in [3.63, 3.8) is 0 Å². The number of esters is 1. The second-order valence-corrected chi connectivity index (χ2v) is 2.74. The van der Waals surface area contributed by atoms with Gasteiger partial charge in [-0.2, -0.15) is 0 Å². The topological polar surface area (TPSA) is 64.1 Å². The minimum atomic E-state index is -0.401. The van der Waals surface area contributed by atoms with E-state index in [0.29, 0.717) is 18.8 Å². The molecule has 1 aliphatic rings. The number of carbonyl (C=O) groups is 1. The van der Waals surface area contributed by atoms with E-state index in [9.17, 15) is 4.79 Å². The Morgan fingerprint density at radius 1 is 1.54 bits per heavy atom. The average Bonchev–Trinajstić information content (AvgIpc) is 2.63. The molecule has 1 aromatic rings. The highest BCUT2D eigenvalue weighted by Crippen LogP contribution is 2.15. The summed E-state index contributed by atoms with van der Waals surface area (Å²) in [7, 11) is 1.35.